The summed E-state index contributed by atoms with van der Waals surface area (Å²) in [5, 5.41) is 41.6. The quantitative estimate of drug-likeness (QED) is 0.268. The monoisotopic (exact) mass is 463 g/mol. The third-order valence-electron chi connectivity index (χ3n) is 2.14. The predicted molar refractivity (Wildman–Crippen MR) is 52.9 cm³/mol. The van der Waals surface area contributed by atoms with Gasteiger partial charge in [0.2, 0.25) is 0 Å². The van der Waals surface area contributed by atoms with Crippen LogP contribution in [0.5, 0.6) is 0 Å². The van der Waals surface area contributed by atoms with Gasteiger partial charge < -0.3 is 39.6 Å². The molecule has 0 amide bonds. The number of hydrogen-bond acceptors (Lipinski definition) is 10. The molecule has 0 bridgehead atoms. The first-order valence-electron chi connectivity index (χ1n) is 5.44. The summed E-state index contributed by atoms with van der Waals surface area (Å²) in [4.78, 5) is 43.4. The van der Waals surface area contributed by atoms with Crippen LogP contribution in [0, 0.1) is 0 Å². The molecule has 0 aromatic heterocycles. The van der Waals surface area contributed by atoms with Crippen LogP contribution in [0.4, 0.5) is 0 Å². The standard InChI is InChI=1S/C10H16N2O8.Co.2Ni/c13-7(14)3-11(4-8(15)16)1-2-12(5-9(17)18)6-10(19)20;;;/h1-6H2,(H,13,14)(H,15,16)(H,17,18)(H,19,20);;;/q;3*+2/p-4. The van der Waals surface area contributed by atoms with Crippen molar-refractivity contribution >= 4 is 23.9 Å². The van der Waals surface area contributed by atoms with Crippen LogP contribution in [-0.2, 0) is 68.9 Å². The second-order valence-electron chi connectivity index (χ2n) is 3.91. The number of carbonyl (C=O) groups excluding carboxylic acids is 4. The van der Waals surface area contributed by atoms with Crippen LogP contribution < -0.4 is 20.4 Å². The van der Waals surface area contributed by atoms with Gasteiger partial charge >= 0.3 is 49.8 Å². The zero-order valence-corrected chi connectivity index (χ0v) is 14.4. The summed E-state index contributed by atoms with van der Waals surface area (Å²) in [7, 11) is 0. The summed E-state index contributed by atoms with van der Waals surface area (Å²) in [6.45, 7) is -3.25. The first-order chi connectivity index (χ1) is 9.20. The van der Waals surface area contributed by atoms with E-state index in [2.05, 4.69) is 0 Å². The van der Waals surface area contributed by atoms with Crippen molar-refractivity contribution in [2.75, 3.05) is 39.3 Å². The van der Waals surface area contributed by atoms with Crippen LogP contribution in [-0.4, -0.2) is 72.9 Å². The van der Waals surface area contributed by atoms with Crippen molar-refractivity contribution in [1.82, 2.24) is 9.80 Å². The van der Waals surface area contributed by atoms with Crippen molar-refractivity contribution in [2.45, 2.75) is 0 Å². The van der Waals surface area contributed by atoms with Crippen molar-refractivity contribution in [3.8, 4) is 0 Å². The van der Waals surface area contributed by atoms with Gasteiger partial charge in [-0.1, -0.05) is 0 Å². The minimum atomic E-state index is -1.53. The van der Waals surface area contributed by atoms with Crippen molar-refractivity contribution in [1.29, 1.82) is 0 Å². The first kappa shape index (κ1) is 30.2. The molecule has 0 rings (SSSR count). The summed E-state index contributed by atoms with van der Waals surface area (Å²) in [6.07, 6.45) is 0. The molecule has 0 N–H and O–H groups in total. The Morgan fingerprint density at radius 3 is 0.870 bits per heavy atom. The molecule has 13 heteroatoms. The largest absolute Gasteiger partial charge is 2.00 e. The molecule has 0 aromatic rings. The Morgan fingerprint density at radius 1 is 0.565 bits per heavy atom. The Balaban J connectivity index is -0.000000602. The first-order valence-corrected chi connectivity index (χ1v) is 5.44. The van der Waals surface area contributed by atoms with Crippen LogP contribution in [0.2, 0.25) is 0 Å². The SMILES string of the molecule is O=C([O-])CN(CCN(CC(=O)[O-])CC(=O)[O-])CC(=O)[O-].[Co+2].[Ni+2].[Ni+2]. The molecule has 0 aromatic carbocycles. The van der Waals surface area contributed by atoms with E-state index in [0.717, 1.165) is 9.80 Å². The third kappa shape index (κ3) is 19.2. The molecule has 0 heterocycles. The van der Waals surface area contributed by atoms with E-state index in [1.54, 1.807) is 0 Å². The maximum absolute atomic E-state index is 10.4. The summed E-state index contributed by atoms with van der Waals surface area (Å²) in [5.74, 6) is -6.12. The van der Waals surface area contributed by atoms with Crippen LogP contribution in [0.3, 0.4) is 0 Å². The van der Waals surface area contributed by atoms with E-state index in [0.29, 0.717) is 0 Å². The second-order valence-corrected chi connectivity index (χ2v) is 3.91. The molecule has 0 saturated carbocycles. The van der Waals surface area contributed by atoms with E-state index in [9.17, 15) is 39.6 Å². The zero-order chi connectivity index (χ0) is 15.7. The fourth-order valence-electron chi connectivity index (χ4n) is 1.44. The van der Waals surface area contributed by atoms with Crippen molar-refractivity contribution in [2.24, 2.45) is 0 Å². The van der Waals surface area contributed by atoms with Gasteiger partial charge in [-0.3, -0.25) is 9.80 Å². The molecule has 0 aliphatic heterocycles. The van der Waals surface area contributed by atoms with Crippen molar-refractivity contribution in [3.05, 3.63) is 0 Å². The van der Waals surface area contributed by atoms with Gasteiger partial charge in [-0.25, -0.2) is 0 Å². The van der Waals surface area contributed by atoms with Crippen molar-refractivity contribution < 1.29 is 89.4 Å². The molecule has 1 radical (unpaired) electrons. The number of hydrogen-bond donors (Lipinski definition) is 0. The van der Waals surface area contributed by atoms with E-state index in [4.69, 9.17) is 0 Å². The molecule has 0 aliphatic carbocycles. The number of aliphatic carboxylic acids is 4. The Labute approximate surface area is 162 Å². The van der Waals surface area contributed by atoms with E-state index >= 15 is 0 Å². The molecule has 0 saturated heterocycles. The average Bonchev–Trinajstić information content (AvgIpc) is 2.22. The van der Waals surface area contributed by atoms with Crippen LogP contribution >= 0.6 is 0 Å². The Morgan fingerprint density at radius 2 is 0.739 bits per heavy atom. The fourth-order valence-corrected chi connectivity index (χ4v) is 1.44. The molecule has 23 heavy (non-hydrogen) atoms. The average molecular weight is 465 g/mol. The van der Waals surface area contributed by atoms with Gasteiger partial charge in [-0.05, 0) is 0 Å². The minimum absolute atomic E-state index is 0. The van der Waals surface area contributed by atoms with E-state index < -0.39 is 50.1 Å². The number of carbonyl (C=O) groups is 4. The topological polar surface area (TPSA) is 167 Å². The van der Waals surface area contributed by atoms with Gasteiger partial charge in [0.25, 0.3) is 0 Å². The van der Waals surface area contributed by atoms with Gasteiger partial charge in [0.05, 0.1) is 23.9 Å². The van der Waals surface area contributed by atoms with Crippen molar-refractivity contribution in [3.63, 3.8) is 0 Å². The van der Waals surface area contributed by atoms with E-state index in [1.807, 2.05) is 0 Å². The van der Waals surface area contributed by atoms with Gasteiger partial charge in [-0.2, -0.15) is 0 Å². The predicted octanol–water partition coefficient (Wildman–Crippen LogP) is -7.42. The van der Waals surface area contributed by atoms with Gasteiger partial charge in [0, 0.05) is 39.3 Å². The Bertz CT molecular complexity index is 331. The second kappa shape index (κ2) is 16.2. The number of nitrogens with zero attached hydrogens (tertiary/aromatic N) is 2. The minimum Gasteiger partial charge on any atom is -0.549 e. The molecule has 0 atom stereocenters. The molecular weight excluding hydrogens is 452 g/mol. The summed E-state index contributed by atoms with van der Waals surface area (Å²) >= 11 is 0. The third-order valence-corrected chi connectivity index (χ3v) is 2.14. The zero-order valence-electron chi connectivity index (χ0n) is 11.4. The van der Waals surface area contributed by atoms with E-state index in [1.165, 1.54) is 0 Å². The molecule has 0 fully saturated rings. The summed E-state index contributed by atoms with van der Waals surface area (Å²) in [6, 6.07) is 0. The molecule has 0 unspecified atom stereocenters. The van der Waals surface area contributed by atoms with Gasteiger partial charge in [-0.15, -0.1) is 0 Å². The maximum Gasteiger partial charge on any atom is 2.00 e. The normalized spacial score (nSPS) is 9.30. The van der Waals surface area contributed by atoms with Crippen LogP contribution in [0.15, 0.2) is 0 Å². The number of rotatable bonds is 11. The molecule has 137 valence electrons. The smallest absolute Gasteiger partial charge is 0.549 e. The fraction of sp³-hybridized carbons (Fsp3) is 0.600. The molecule has 0 aliphatic rings. The number of carboxylic acid groups (broad SMARTS) is 4. The van der Waals surface area contributed by atoms with Crippen LogP contribution in [0.1, 0.15) is 0 Å². The molecule has 0 spiro atoms. The molecular formula is C10H12CoN2Ni2O8+2. The van der Waals surface area contributed by atoms with Gasteiger partial charge in [0.15, 0.2) is 0 Å². The molecule has 10 nitrogen and oxygen atoms in total. The van der Waals surface area contributed by atoms with Crippen LogP contribution in [0.25, 0.3) is 0 Å². The summed E-state index contributed by atoms with van der Waals surface area (Å²) < 4.78 is 0. The maximum atomic E-state index is 10.4. The Hall–Kier alpha value is -0.706. The Kier molecular flexibility index (Phi) is 21.2. The van der Waals surface area contributed by atoms with Gasteiger partial charge in [0.1, 0.15) is 0 Å². The summed E-state index contributed by atoms with van der Waals surface area (Å²) in [5.41, 5.74) is 0. The van der Waals surface area contributed by atoms with E-state index in [-0.39, 0.29) is 62.9 Å². The number of carboxylic acids is 4.